The number of nitrogen functional groups attached to an aromatic ring is 1. The van der Waals surface area contributed by atoms with Crippen LogP contribution < -0.4 is 15.8 Å². The second-order valence-corrected chi connectivity index (χ2v) is 7.27. The van der Waals surface area contributed by atoms with E-state index in [1.54, 1.807) is 6.07 Å². The van der Waals surface area contributed by atoms with Gasteiger partial charge in [0.2, 0.25) is 10.0 Å². The van der Waals surface area contributed by atoms with Crippen LogP contribution in [0.5, 0.6) is 0 Å². The highest BCUT2D eigenvalue weighted by Crippen LogP contribution is 2.33. The van der Waals surface area contributed by atoms with Crippen molar-refractivity contribution in [3.05, 3.63) is 18.2 Å². The summed E-state index contributed by atoms with van der Waals surface area (Å²) in [6.45, 7) is 2.26. The van der Waals surface area contributed by atoms with Gasteiger partial charge in [-0.1, -0.05) is 19.8 Å². The number of anilines is 2. The molecule has 1 aromatic carbocycles. The SMILES string of the molecule is CC1CCCCC1N(C)c1ccc(S(N)(=O)=O)cc1N. The lowest BCUT2D eigenvalue weighted by atomic mass is 9.85. The number of benzene rings is 1. The summed E-state index contributed by atoms with van der Waals surface area (Å²) in [7, 11) is -1.68. The van der Waals surface area contributed by atoms with E-state index in [0.717, 1.165) is 12.1 Å². The summed E-state index contributed by atoms with van der Waals surface area (Å²) in [5, 5.41) is 5.12. The summed E-state index contributed by atoms with van der Waals surface area (Å²) in [5.74, 6) is 0.617. The van der Waals surface area contributed by atoms with Gasteiger partial charge in [-0.3, -0.25) is 0 Å². The van der Waals surface area contributed by atoms with Gasteiger partial charge < -0.3 is 10.6 Å². The van der Waals surface area contributed by atoms with Crippen LogP contribution >= 0.6 is 0 Å². The lowest BCUT2D eigenvalue weighted by Gasteiger charge is -2.38. The summed E-state index contributed by atoms with van der Waals surface area (Å²) in [6.07, 6.45) is 4.89. The fourth-order valence-electron chi connectivity index (χ4n) is 3.08. The number of nitrogens with zero attached hydrogens (tertiary/aromatic N) is 1. The molecule has 0 heterocycles. The lowest BCUT2D eigenvalue weighted by Crippen LogP contribution is -2.39. The van der Waals surface area contributed by atoms with Crippen molar-refractivity contribution in [1.29, 1.82) is 0 Å². The number of nitrogens with two attached hydrogens (primary N) is 2. The molecule has 0 amide bonds. The lowest BCUT2D eigenvalue weighted by molar-refractivity contribution is 0.322. The predicted octanol–water partition coefficient (Wildman–Crippen LogP) is 1.93. The Morgan fingerprint density at radius 2 is 1.90 bits per heavy atom. The minimum absolute atomic E-state index is 0.0591. The smallest absolute Gasteiger partial charge is 0.238 e. The fraction of sp³-hybridized carbons (Fsp3) is 0.571. The van der Waals surface area contributed by atoms with E-state index in [9.17, 15) is 8.42 Å². The molecule has 0 saturated heterocycles. The summed E-state index contributed by atoms with van der Waals surface area (Å²) in [6, 6.07) is 5.15. The van der Waals surface area contributed by atoms with Crippen molar-refractivity contribution in [2.75, 3.05) is 17.7 Å². The zero-order valence-electron chi connectivity index (χ0n) is 12.0. The van der Waals surface area contributed by atoms with E-state index in [2.05, 4.69) is 11.8 Å². The van der Waals surface area contributed by atoms with E-state index in [0.29, 0.717) is 17.6 Å². The zero-order valence-corrected chi connectivity index (χ0v) is 12.9. The molecule has 0 spiro atoms. The normalized spacial score (nSPS) is 23.6. The minimum Gasteiger partial charge on any atom is -0.397 e. The van der Waals surface area contributed by atoms with Gasteiger partial charge in [0.25, 0.3) is 0 Å². The molecule has 112 valence electrons. The molecule has 20 heavy (non-hydrogen) atoms. The van der Waals surface area contributed by atoms with E-state index >= 15 is 0 Å². The Kier molecular flexibility index (Phi) is 4.25. The molecule has 4 N–H and O–H groups in total. The van der Waals surface area contributed by atoms with Crippen molar-refractivity contribution < 1.29 is 8.42 Å². The molecular weight excluding hydrogens is 274 g/mol. The quantitative estimate of drug-likeness (QED) is 0.834. The first-order valence-corrected chi connectivity index (χ1v) is 8.50. The van der Waals surface area contributed by atoms with E-state index in [1.165, 1.54) is 31.4 Å². The third kappa shape index (κ3) is 3.07. The van der Waals surface area contributed by atoms with Crippen LogP contribution in [0.1, 0.15) is 32.6 Å². The summed E-state index contributed by atoms with van der Waals surface area (Å²) >= 11 is 0. The van der Waals surface area contributed by atoms with Gasteiger partial charge in [0.1, 0.15) is 0 Å². The molecule has 0 aliphatic heterocycles. The Morgan fingerprint density at radius 1 is 1.25 bits per heavy atom. The van der Waals surface area contributed by atoms with Crippen LogP contribution in [0.25, 0.3) is 0 Å². The van der Waals surface area contributed by atoms with Gasteiger partial charge in [-0.25, -0.2) is 13.6 Å². The average Bonchev–Trinajstić information content (AvgIpc) is 2.37. The van der Waals surface area contributed by atoms with E-state index in [-0.39, 0.29) is 4.90 Å². The number of rotatable bonds is 3. The molecule has 2 rings (SSSR count). The van der Waals surface area contributed by atoms with Crippen LogP contribution in [0.15, 0.2) is 23.1 Å². The largest absolute Gasteiger partial charge is 0.397 e. The van der Waals surface area contributed by atoms with Gasteiger partial charge in [-0.05, 0) is 37.0 Å². The second-order valence-electron chi connectivity index (χ2n) is 5.71. The van der Waals surface area contributed by atoms with E-state index < -0.39 is 10.0 Å². The van der Waals surface area contributed by atoms with Crippen molar-refractivity contribution in [3.63, 3.8) is 0 Å². The van der Waals surface area contributed by atoms with Gasteiger partial charge in [0.15, 0.2) is 0 Å². The maximum absolute atomic E-state index is 11.3. The molecule has 5 nitrogen and oxygen atoms in total. The van der Waals surface area contributed by atoms with Gasteiger partial charge >= 0.3 is 0 Å². The van der Waals surface area contributed by atoms with Crippen LogP contribution in [-0.4, -0.2) is 21.5 Å². The Labute approximate surface area is 121 Å². The molecule has 0 bridgehead atoms. The van der Waals surface area contributed by atoms with Crippen LogP contribution in [0, 0.1) is 5.92 Å². The average molecular weight is 297 g/mol. The molecule has 1 aliphatic rings. The maximum atomic E-state index is 11.3. The first-order chi connectivity index (χ1) is 9.30. The standard InChI is InChI=1S/C14H23N3O2S/c1-10-5-3-4-6-13(10)17(2)14-8-7-11(9-12(14)15)20(16,18)19/h7-10,13H,3-6,15H2,1-2H3,(H2,16,18,19). The summed E-state index contributed by atoms with van der Waals surface area (Å²) in [4.78, 5) is 2.23. The van der Waals surface area contributed by atoms with E-state index in [4.69, 9.17) is 10.9 Å². The number of primary sulfonamides is 1. The predicted molar refractivity (Wildman–Crippen MR) is 82.1 cm³/mol. The van der Waals surface area contributed by atoms with Gasteiger partial charge in [-0.2, -0.15) is 0 Å². The molecule has 1 saturated carbocycles. The highest BCUT2D eigenvalue weighted by molar-refractivity contribution is 7.89. The maximum Gasteiger partial charge on any atom is 0.238 e. The number of sulfonamides is 1. The molecule has 2 atom stereocenters. The first-order valence-electron chi connectivity index (χ1n) is 6.96. The molecule has 0 aromatic heterocycles. The third-order valence-electron chi connectivity index (χ3n) is 4.27. The molecular formula is C14H23N3O2S. The highest BCUT2D eigenvalue weighted by atomic mass is 32.2. The minimum atomic E-state index is -3.70. The van der Waals surface area contributed by atoms with Gasteiger partial charge in [-0.15, -0.1) is 0 Å². The Hall–Kier alpha value is -1.27. The topological polar surface area (TPSA) is 89.4 Å². The van der Waals surface area contributed by atoms with Gasteiger partial charge in [0.05, 0.1) is 16.3 Å². The van der Waals surface area contributed by atoms with Crippen molar-refractivity contribution in [2.45, 2.75) is 43.5 Å². The Bertz CT molecular complexity index is 586. The number of hydrogen-bond acceptors (Lipinski definition) is 4. The summed E-state index contributed by atoms with van der Waals surface area (Å²) in [5.41, 5.74) is 7.34. The molecule has 6 heteroatoms. The first kappa shape index (κ1) is 15.1. The van der Waals surface area contributed by atoms with Crippen molar-refractivity contribution in [3.8, 4) is 0 Å². The molecule has 1 aromatic rings. The van der Waals surface area contributed by atoms with Gasteiger partial charge in [0, 0.05) is 13.1 Å². The van der Waals surface area contributed by atoms with Crippen LogP contribution in [-0.2, 0) is 10.0 Å². The molecule has 0 radical (unpaired) electrons. The molecule has 1 fully saturated rings. The van der Waals surface area contributed by atoms with Crippen LogP contribution in [0.2, 0.25) is 0 Å². The monoisotopic (exact) mass is 297 g/mol. The third-order valence-corrected chi connectivity index (χ3v) is 5.18. The fourth-order valence-corrected chi connectivity index (χ4v) is 3.63. The Balaban J connectivity index is 2.28. The van der Waals surface area contributed by atoms with E-state index in [1.807, 2.05) is 7.05 Å². The second kappa shape index (κ2) is 5.61. The van der Waals surface area contributed by atoms with Crippen molar-refractivity contribution in [2.24, 2.45) is 11.1 Å². The van der Waals surface area contributed by atoms with Crippen molar-refractivity contribution >= 4 is 21.4 Å². The number of hydrogen-bond donors (Lipinski definition) is 2. The van der Waals surface area contributed by atoms with Crippen LogP contribution in [0.4, 0.5) is 11.4 Å². The van der Waals surface area contributed by atoms with Crippen molar-refractivity contribution in [1.82, 2.24) is 0 Å². The highest BCUT2D eigenvalue weighted by Gasteiger charge is 2.26. The molecule has 1 aliphatic carbocycles. The van der Waals surface area contributed by atoms with Crippen LogP contribution in [0.3, 0.4) is 0 Å². The Morgan fingerprint density at radius 3 is 2.45 bits per heavy atom. The molecule has 2 unspecified atom stereocenters. The summed E-state index contributed by atoms with van der Waals surface area (Å²) < 4.78 is 22.7. The zero-order chi connectivity index (χ0) is 14.9.